The van der Waals surface area contributed by atoms with Crippen LogP contribution in [-0.4, -0.2) is 13.1 Å². The van der Waals surface area contributed by atoms with Gasteiger partial charge in [0.1, 0.15) is 0 Å². The number of ether oxygens (including phenoxy) is 1. The van der Waals surface area contributed by atoms with E-state index in [4.69, 9.17) is 0 Å². The first-order valence-corrected chi connectivity index (χ1v) is 5.99. The van der Waals surface area contributed by atoms with Crippen LogP contribution in [0.4, 0.5) is 0 Å². The minimum atomic E-state index is -0.148. The zero-order valence-corrected chi connectivity index (χ0v) is 10.3. The topological polar surface area (TPSA) is 26.3 Å². The van der Waals surface area contributed by atoms with Crippen LogP contribution in [0.5, 0.6) is 0 Å². The van der Waals surface area contributed by atoms with E-state index >= 15 is 0 Å². The third-order valence-corrected chi connectivity index (χ3v) is 2.87. The summed E-state index contributed by atoms with van der Waals surface area (Å²) in [5.41, 5.74) is 2.50. The standard InChI is InChI=1S/C11H13IO2/c1-14-11(13)6-5-9-3-2-4-10(7-9)8-12/h2-4,7H,5-6,8H2,1H3. The number of hydrogen-bond donors (Lipinski definition) is 0. The van der Waals surface area contributed by atoms with Gasteiger partial charge in [0, 0.05) is 10.8 Å². The molecule has 0 amide bonds. The Balaban J connectivity index is 2.54. The largest absolute Gasteiger partial charge is 0.469 e. The number of benzene rings is 1. The molecule has 2 nitrogen and oxygen atoms in total. The van der Waals surface area contributed by atoms with Gasteiger partial charge in [0.15, 0.2) is 0 Å². The fraction of sp³-hybridized carbons (Fsp3) is 0.364. The van der Waals surface area contributed by atoms with E-state index in [1.807, 2.05) is 12.1 Å². The Hall–Kier alpha value is -0.580. The highest BCUT2D eigenvalue weighted by molar-refractivity contribution is 14.1. The molecule has 0 heterocycles. The molecule has 1 aromatic carbocycles. The molecule has 0 aromatic heterocycles. The Kier molecular flexibility index (Phi) is 4.93. The average Bonchev–Trinajstić information content (AvgIpc) is 2.26. The van der Waals surface area contributed by atoms with Gasteiger partial charge >= 0.3 is 5.97 Å². The summed E-state index contributed by atoms with van der Waals surface area (Å²) in [4.78, 5) is 10.9. The van der Waals surface area contributed by atoms with E-state index in [-0.39, 0.29) is 5.97 Å². The van der Waals surface area contributed by atoms with Crippen molar-refractivity contribution in [3.05, 3.63) is 35.4 Å². The average molecular weight is 304 g/mol. The van der Waals surface area contributed by atoms with Crippen LogP contribution >= 0.6 is 22.6 Å². The number of halogens is 1. The maximum Gasteiger partial charge on any atom is 0.305 e. The van der Waals surface area contributed by atoms with Crippen molar-refractivity contribution in [1.29, 1.82) is 0 Å². The summed E-state index contributed by atoms with van der Waals surface area (Å²) in [6, 6.07) is 8.29. The van der Waals surface area contributed by atoms with Crippen molar-refractivity contribution in [3.8, 4) is 0 Å². The van der Waals surface area contributed by atoms with Crippen molar-refractivity contribution in [2.24, 2.45) is 0 Å². The lowest BCUT2D eigenvalue weighted by Gasteiger charge is -2.02. The van der Waals surface area contributed by atoms with Crippen molar-refractivity contribution < 1.29 is 9.53 Å². The summed E-state index contributed by atoms with van der Waals surface area (Å²) in [6.45, 7) is 0. The Bertz CT molecular complexity index is 310. The SMILES string of the molecule is COC(=O)CCc1cccc(CI)c1. The third kappa shape index (κ3) is 3.65. The van der Waals surface area contributed by atoms with Crippen molar-refractivity contribution in [3.63, 3.8) is 0 Å². The second-order valence-electron chi connectivity index (χ2n) is 3.03. The molecule has 0 spiro atoms. The molecule has 0 fully saturated rings. The molecule has 1 rings (SSSR count). The number of methoxy groups -OCH3 is 1. The van der Waals surface area contributed by atoms with Crippen LogP contribution in [0.2, 0.25) is 0 Å². The quantitative estimate of drug-likeness (QED) is 0.486. The molecule has 0 unspecified atom stereocenters. The van der Waals surface area contributed by atoms with Crippen molar-refractivity contribution in [2.45, 2.75) is 17.3 Å². The number of carbonyl (C=O) groups is 1. The van der Waals surface area contributed by atoms with Crippen LogP contribution < -0.4 is 0 Å². The van der Waals surface area contributed by atoms with Crippen molar-refractivity contribution in [2.75, 3.05) is 7.11 Å². The predicted octanol–water partition coefficient (Wildman–Crippen LogP) is 2.73. The molecule has 0 atom stereocenters. The molecular weight excluding hydrogens is 291 g/mol. The lowest BCUT2D eigenvalue weighted by molar-refractivity contribution is -0.140. The van der Waals surface area contributed by atoms with Gasteiger partial charge in [0.25, 0.3) is 0 Å². The van der Waals surface area contributed by atoms with E-state index in [0.29, 0.717) is 6.42 Å². The Morgan fingerprint density at radius 1 is 1.43 bits per heavy atom. The molecule has 0 N–H and O–H groups in total. The minimum absolute atomic E-state index is 0.148. The summed E-state index contributed by atoms with van der Waals surface area (Å²) in [5.74, 6) is -0.148. The first kappa shape index (κ1) is 11.5. The van der Waals surface area contributed by atoms with Crippen molar-refractivity contribution >= 4 is 28.6 Å². The summed E-state index contributed by atoms with van der Waals surface area (Å²) < 4.78 is 5.59. The monoisotopic (exact) mass is 304 g/mol. The molecular formula is C11H13IO2. The molecule has 0 aliphatic carbocycles. The van der Waals surface area contributed by atoms with Crippen LogP contribution in [0.15, 0.2) is 24.3 Å². The molecule has 0 bridgehead atoms. The molecule has 0 saturated heterocycles. The second-order valence-corrected chi connectivity index (χ2v) is 3.79. The van der Waals surface area contributed by atoms with Crippen LogP contribution in [-0.2, 0) is 20.4 Å². The lowest BCUT2D eigenvalue weighted by Crippen LogP contribution is -2.01. The third-order valence-electron chi connectivity index (χ3n) is 1.99. The molecule has 0 radical (unpaired) electrons. The number of rotatable bonds is 4. The van der Waals surface area contributed by atoms with Crippen LogP contribution in [0.1, 0.15) is 17.5 Å². The number of carbonyl (C=O) groups excluding carboxylic acids is 1. The van der Waals surface area contributed by atoms with Crippen LogP contribution in [0.25, 0.3) is 0 Å². The second kappa shape index (κ2) is 6.01. The number of aryl methyl sites for hydroxylation is 1. The van der Waals surface area contributed by atoms with E-state index < -0.39 is 0 Å². The molecule has 3 heteroatoms. The van der Waals surface area contributed by atoms with Gasteiger partial charge in [-0.05, 0) is 17.5 Å². The normalized spacial score (nSPS) is 9.86. The first-order chi connectivity index (χ1) is 6.76. The Labute approximate surface area is 97.8 Å². The Morgan fingerprint density at radius 2 is 2.14 bits per heavy atom. The number of hydrogen-bond acceptors (Lipinski definition) is 2. The van der Waals surface area contributed by atoms with Gasteiger partial charge in [0.2, 0.25) is 0 Å². The molecule has 14 heavy (non-hydrogen) atoms. The summed E-state index contributed by atoms with van der Waals surface area (Å²) in [7, 11) is 1.42. The minimum Gasteiger partial charge on any atom is -0.469 e. The molecule has 1 aromatic rings. The summed E-state index contributed by atoms with van der Waals surface area (Å²) in [6.07, 6.45) is 1.22. The first-order valence-electron chi connectivity index (χ1n) is 4.47. The van der Waals surface area contributed by atoms with Gasteiger partial charge in [0.05, 0.1) is 7.11 Å². The fourth-order valence-corrected chi connectivity index (χ4v) is 1.69. The zero-order chi connectivity index (χ0) is 10.4. The smallest absolute Gasteiger partial charge is 0.305 e. The zero-order valence-electron chi connectivity index (χ0n) is 8.13. The lowest BCUT2D eigenvalue weighted by atomic mass is 10.1. The predicted molar refractivity (Wildman–Crippen MR) is 64.5 cm³/mol. The highest BCUT2D eigenvalue weighted by Crippen LogP contribution is 2.10. The van der Waals surface area contributed by atoms with E-state index in [0.717, 1.165) is 10.8 Å². The van der Waals surface area contributed by atoms with Gasteiger partial charge in [-0.3, -0.25) is 4.79 Å². The van der Waals surface area contributed by atoms with Gasteiger partial charge in [-0.15, -0.1) is 0 Å². The van der Waals surface area contributed by atoms with Gasteiger partial charge in [-0.1, -0.05) is 46.9 Å². The number of esters is 1. The maximum absolute atomic E-state index is 10.9. The van der Waals surface area contributed by atoms with Gasteiger partial charge in [-0.25, -0.2) is 0 Å². The van der Waals surface area contributed by atoms with Crippen molar-refractivity contribution in [1.82, 2.24) is 0 Å². The summed E-state index contributed by atoms with van der Waals surface area (Å²) >= 11 is 2.33. The van der Waals surface area contributed by atoms with Crippen LogP contribution in [0, 0.1) is 0 Å². The van der Waals surface area contributed by atoms with Gasteiger partial charge in [-0.2, -0.15) is 0 Å². The van der Waals surface area contributed by atoms with E-state index in [1.54, 1.807) is 0 Å². The number of alkyl halides is 1. The van der Waals surface area contributed by atoms with Crippen LogP contribution in [0.3, 0.4) is 0 Å². The van der Waals surface area contributed by atoms with E-state index in [9.17, 15) is 4.79 Å². The maximum atomic E-state index is 10.9. The molecule has 0 aliphatic heterocycles. The van der Waals surface area contributed by atoms with Gasteiger partial charge < -0.3 is 4.74 Å². The van der Waals surface area contributed by atoms with E-state index in [1.165, 1.54) is 18.2 Å². The highest BCUT2D eigenvalue weighted by Gasteiger charge is 2.01. The van der Waals surface area contributed by atoms with E-state index in [2.05, 4.69) is 39.5 Å². The molecule has 0 saturated carbocycles. The summed E-state index contributed by atoms with van der Waals surface area (Å²) in [5, 5.41) is 0. The Morgan fingerprint density at radius 3 is 2.79 bits per heavy atom. The fourth-order valence-electron chi connectivity index (χ4n) is 1.22. The highest BCUT2D eigenvalue weighted by atomic mass is 127. The molecule has 76 valence electrons. The molecule has 0 aliphatic rings.